The first-order valence-electron chi connectivity index (χ1n) is 9.37. The van der Waals surface area contributed by atoms with Gasteiger partial charge in [-0.2, -0.15) is 5.10 Å². The first-order valence-corrected chi connectivity index (χ1v) is 9.78. The number of anilines is 1. The van der Waals surface area contributed by atoms with Gasteiger partial charge in [0.25, 0.3) is 0 Å². The molecule has 3 aromatic rings. The largest absolute Gasteiger partial charge is 0.369 e. The molecule has 1 aromatic heterocycles. The molecule has 5 nitrogen and oxygen atoms in total. The summed E-state index contributed by atoms with van der Waals surface area (Å²) in [5.41, 5.74) is 5.15. The van der Waals surface area contributed by atoms with Crippen LogP contribution >= 0.6 is 12.2 Å². The number of aromatic nitrogens is 3. The zero-order valence-electron chi connectivity index (χ0n) is 15.9. The Morgan fingerprint density at radius 3 is 2.41 bits per heavy atom. The molecular formula is C21H25N5S. The van der Waals surface area contributed by atoms with Gasteiger partial charge in [-0.3, -0.25) is 9.47 Å². The quantitative estimate of drug-likeness (QED) is 0.645. The number of piperazine rings is 1. The zero-order chi connectivity index (χ0) is 18.8. The highest BCUT2D eigenvalue weighted by atomic mass is 32.1. The van der Waals surface area contributed by atoms with E-state index in [4.69, 9.17) is 12.2 Å². The number of rotatable bonds is 4. The lowest BCUT2D eigenvalue weighted by Crippen LogP contribution is -2.47. The minimum atomic E-state index is 0.734. The summed E-state index contributed by atoms with van der Waals surface area (Å²) >= 11 is 5.63. The van der Waals surface area contributed by atoms with Gasteiger partial charge in [0.15, 0.2) is 0 Å². The molecule has 0 spiro atoms. The molecule has 0 amide bonds. The summed E-state index contributed by atoms with van der Waals surface area (Å²) < 4.78 is 4.61. The number of hydrogen-bond donors (Lipinski definition) is 0. The van der Waals surface area contributed by atoms with Crippen LogP contribution in [-0.2, 0) is 6.67 Å². The van der Waals surface area contributed by atoms with Crippen LogP contribution in [-0.4, -0.2) is 45.4 Å². The highest BCUT2D eigenvalue weighted by Crippen LogP contribution is 2.24. The van der Waals surface area contributed by atoms with Crippen molar-refractivity contribution in [3.8, 4) is 5.69 Å². The van der Waals surface area contributed by atoms with Gasteiger partial charge in [-0.1, -0.05) is 30.3 Å². The molecule has 0 bridgehead atoms. The number of nitrogens with zero attached hydrogens (tertiary/aromatic N) is 5. The van der Waals surface area contributed by atoms with E-state index in [1.807, 2.05) is 45.9 Å². The summed E-state index contributed by atoms with van der Waals surface area (Å²) in [5, 5.41) is 4.51. The molecule has 1 fully saturated rings. The predicted molar refractivity (Wildman–Crippen MR) is 112 cm³/mol. The molecule has 1 saturated heterocycles. The Morgan fingerprint density at radius 1 is 0.926 bits per heavy atom. The fraction of sp³-hybridized carbons (Fsp3) is 0.333. The van der Waals surface area contributed by atoms with Crippen molar-refractivity contribution in [1.29, 1.82) is 0 Å². The van der Waals surface area contributed by atoms with Crippen LogP contribution in [0.25, 0.3) is 5.69 Å². The van der Waals surface area contributed by atoms with Gasteiger partial charge < -0.3 is 4.90 Å². The number of hydrogen-bond acceptors (Lipinski definition) is 4. The third-order valence-corrected chi connectivity index (χ3v) is 5.80. The standard InChI is InChI=1S/C21H25N5S/c1-17-7-6-10-20(18(17)2)24-13-11-23(12-14-24)16-26-21(27)25(15-22-26)19-8-4-3-5-9-19/h3-10,15H,11-14,16H2,1-2H3. The van der Waals surface area contributed by atoms with Crippen LogP contribution in [0.3, 0.4) is 0 Å². The van der Waals surface area contributed by atoms with E-state index in [0.29, 0.717) is 0 Å². The van der Waals surface area contributed by atoms with Gasteiger partial charge in [-0.15, -0.1) is 0 Å². The maximum absolute atomic E-state index is 5.63. The Kier molecular flexibility index (Phi) is 5.09. The summed E-state index contributed by atoms with van der Waals surface area (Å²) in [7, 11) is 0. The van der Waals surface area contributed by atoms with Crippen molar-refractivity contribution in [2.24, 2.45) is 0 Å². The second-order valence-corrected chi connectivity index (χ2v) is 7.45. The van der Waals surface area contributed by atoms with Crippen LogP contribution < -0.4 is 4.90 Å². The van der Waals surface area contributed by atoms with Gasteiger partial charge in [0, 0.05) is 37.6 Å². The van der Waals surface area contributed by atoms with E-state index < -0.39 is 0 Å². The summed E-state index contributed by atoms with van der Waals surface area (Å²) in [6.45, 7) is 9.19. The normalized spacial score (nSPS) is 15.3. The highest BCUT2D eigenvalue weighted by Gasteiger charge is 2.19. The molecule has 1 aliphatic heterocycles. The van der Waals surface area contributed by atoms with E-state index in [9.17, 15) is 0 Å². The van der Waals surface area contributed by atoms with Crippen molar-refractivity contribution in [2.45, 2.75) is 20.5 Å². The highest BCUT2D eigenvalue weighted by molar-refractivity contribution is 7.71. The minimum Gasteiger partial charge on any atom is -0.369 e. The Bertz CT molecular complexity index is 968. The number of benzene rings is 2. The molecule has 4 rings (SSSR count). The zero-order valence-corrected chi connectivity index (χ0v) is 16.7. The Labute approximate surface area is 165 Å². The molecule has 2 aromatic carbocycles. The van der Waals surface area contributed by atoms with Crippen LogP contribution in [0.5, 0.6) is 0 Å². The lowest BCUT2D eigenvalue weighted by molar-refractivity contribution is 0.194. The maximum Gasteiger partial charge on any atom is 0.203 e. The van der Waals surface area contributed by atoms with Crippen molar-refractivity contribution >= 4 is 17.9 Å². The topological polar surface area (TPSA) is 29.2 Å². The summed E-state index contributed by atoms with van der Waals surface area (Å²) in [6.07, 6.45) is 1.81. The van der Waals surface area contributed by atoms with E-state index in [2.05, 4.69) is 46.9 Å². The van der Waals surface area contributed by atoms with E-state index in [0.717, 1.165) is 43.3 Å². The Hall–Kier alpha value is -2.44. The first-order chi connectivity index (χ1) is 13.1. The van der Waals surface area contributed by atoms with E-state index in [-0.39, 0.29) is 0 Å². The SMILES string of the molecule is Cc1cccc(N2CCN(Cn3ncn(-c4ccccc4)c3=S)CC2)c1C. The van der Waals surface area contributed by atoms with Crippen LogP contribution in [0.4, 0.5) is 5.69 Å². The predicted octanol–water partition coefficient (Wildman–Crippen LogP) is 3.80. The fourth-order valence-electron chi connectivity index (χ4n) is 3.60. The van der Waals surface area contributed by atoms with E-state index in [1.165, 1.54) is 16.8 Å². The Balaban J connectivity index is 1.42. The van der Waals surface area contributed by atoms with Crippen LogP contribution in [0, 0.1) is 18.6 Å². The van der Waals surface area contributed by atoms with Gasteiger partial charge in [0.05, 0.1) is 6.67 Å². The lowest BCUT2D eigenvalue weighted by atomic mass is 10.1. The summed E-state index contributed by atoms with van der Waals surface area (Å²) in [4.78, 5) is 4.90. The number of aryl methyl sites for hydroxylation is 1. The molecule has 0 unspecified atom stereocenters. The third kappa shape index (κ3) is 3.68. The second kappa shape index (κ2) is 7.66. The molecule has 0 aliphatic carbocycles. The third-order valence-electron chi connectivity index (χ3n) is 5.39. The smallest absolute Gasteiger partial charge is 0.203 e. The van der Waals surface area contributed by atoms with Gasteiger partial charge in [-0.25, -0.2) is 4.68 Å². The second-order valence-electron chi connectivity index (χ2n) is 7.08. The van der Waals surface area contributed by atoms with Crippen molar-refractivity contribution in [3.05, 3.63) is 70.8 Å². The number of para-hydroxylation sites is 1. The first kappa shape index (κ1) is 17.9. The average Bonchev–Trinajstić information content (AvgIpc) is 3.06. The molecule has 27 heavy (non-hydrogen) atoms. The molecule has 0 saturated carbocycles. The Morgan fingerprint density at radius 2 is 1.67 bits per heavy atom. The fourth-order valence-corrected chi connectivity index (χ4v) is 3.86. The molecule has 0 atom stereocenters. The molecule has 2 heterocycles. The van der Waals surface area contributed by atoms with Crippen LogP contribution in [0.1, 0.15) is 11.1 Å². The van der Waals surface area contributed by atoms with Crippen molar-refractivity contribution < 1.29 is 0 Å². The van der Waals surface area contributed by atoms with Gasteiger partial charge in [0.2, 0.25) is 4.77 Å². The van der Waals surface area contributed by atoms with Crippen molar-refractivity contribution in [1.82, 2.24) is 19.2 Å². The van der Waals surface area contributed by atoms with Crippen molar-refractivity contribution in [3.63, 3.8) is 0 Å². The minimum absolute atomic E-state index is 0.734. The van der Waals surface area contributed by atoms with Crippen molar-refractivity contribution in [2.75, 3.05) is 31.1 Å². The molecule has 0 N–H and O–H groups in total. The average molecular weight is 380 g/mol. The maximum atomic E-state index is 5.63. The molecule has 140 valence electrons. The van der Waals surface area contributed by atoms with Gasteiger partial charge in [0.1, 0.15) is 6.33 Å². The molecule has 0 radical (unpaired) electrons. The molecule has 6 heteroatoms. The van der Waals surface area contributed by atoms with Crippen LogP contribution in [0.2, 0.25) is 0 Å². The van der Waals surface area contributed by atoms with Crippen LogP contribution in [0.15, 0.2) is 54.9 Å². The van der Waals surface area contributed by atoms with E-state index in [1.54, 1.807) is 0 Å². The summed E-state index contributed by atoms with van der Waals surface area (Å²) in [5.74, 6) is 0. The summed E-state index contributed by atoms with van der Waals surface area (Å²) in [6, 6.07) is 16.7. The van der Waals surface area contributed by atoms with Gasteiger partial charge >= 0.3 is 0 Å². The molecule has 1 aliphatic rings. The lowest BCUT2D eigenvalue weighted by Gasteiger charge is -2.36. The van der Waals surface area contributed by atoms with Gasteiger partial charge in [-0.05, 0) is 55.4 Å². The molecular weight excluding hydrogens is 354 g/mol. The monoisotopic (exact) mass is 379 g/mol. The van der Waals surface area contributed by atoms with E-state index >= 15 is 0 Å².